The number of halogens is 2. The summed E-state index contributed by atoms with van der Waals surface area (Å²) >= 11 is 0. The molecule has 0 spiro atoms. The van der Waals surface area contributed by atoms with Gasteiger partial charge in [0.2, 0.25) is 21.8 Å². The fourth-order valence-corrected chi connectivity index (χ4v) is 5.72. The minimum atomic E-state index is -3.70. The first-order valence-electron chi connectivity index (χ1n) is 11.1. The molecular weight excluding hydrogens is 515 g/mol. The molecule has 1 aliphatic heterocycles. The van der Waals surface area contributed by atoms with Gasteiger partial charge >= 0.3 is 0 Å². The Hall–Kier alpha value is -2.40. The van der Waals surface area contributed by atoms with E-state index >= 15 is 0 Å². The number of pyridine rings is 1. The normalized spacial score (nSPS) is 27.1. The molecule has 2 heterocycles. The summed E-state index contributed by atoms with van der Waals surface area (Å²) in [6.45, 7) is 4.16. The smallest absolute Gasteiger partial charge is 0.259 e. The van der Waals surface area contributed by atoms with Gasteiger partial charge in [0.05, 0.1) is 11.3 Å². The van der Waals surface area contributed by atoms with E-state index in [1.807, 2.05) is 30.3 Å². The summed E-state index contributed by atoms with van der Waals surface area (Å²) in [5.74, 6) is -0.867. The Morgan fingerprint density at radius 2 is 1.94 bits per heavy atom. The molecule has 3 aliphatic rings. The van der Waals surface area contributed by atoms with Crippen molar-refractivity contribution in [1.29, 1.82) is 0 Å². The number of aromatic nitrogens is 1. The van der Waals surface area contributed by atoms with Crippen molar-refractivity contribution < 1.29 is 22.7 Å². The maximum Gasteiger partial charge on any atom is 0.259 e. The van der Waals surface area contributed by atoms with Crippen LogP contribution in [0.4, 0.5) is 0 Å². The number of nitrogens with zero attached hydrogens (tertiary/aromatic N) is 1. The molecule has 4 atom stereocenters. The first-order chi connectivity index (χ1) is 15.8. The molecule has 0 radical (unpaired) electrons. The fourth-order valence-electron chi connectivity index (χ4n) is 4.36. The summed E-state index contributed by atoms with van der Waals surface area (Å²) < 4.78 is 32.7. The summed E-state index contributed by atoms with van der Waals surface area (Å²) in [5, 5.41) is 7.31. The first kappa shape index (κ1) is 27.2. The minimum absolute atomic E-state index is 0. The third-order valence-electron chi connectivity index (χ3n) is 6.57. The summed E-state index contributed by atoms with van der Waals surface area (Å²) in [4.78, 5) is 30.1. The number of benzene rings is 1. The van der Waals surface area contributed by atoms with Crippen LogP contribution in [-0.4, -0.2) is 54.7 Å². The van der Waals surface area contributed by atoms with Crippen LogP contribution < -0.4 is 20.1 Å². The van der Waals surface area contributed by atoms with E-state index < -0.39 is 32.8 Å². The van der Waals surface area contributed by atoms with E-state index in [-0.39, 0.29) is 42.7 Å². The number of ether oxygens (including phenoxy) is 1. The summed E-state index contributed by atoms with van der Waals surface area (Å²) in [6.07, 6.45) is 4.80. The van der Waals surface area contributed by atoms with Gasteiger partial charge < -0.3 is 15.4 Å². The lowest BCUT2D eigenvalue weighted by atomic mass is 10.1. The van der Waals surface area contributed by atoms with Crippen molar-refractivity contribution in [3.05, 3.63) is 49.2 Å². The highest BCUT2D eigenvalue weighted by Crippen LogP contribution is 2.45. The van der Waals surface area contributed by atoms with E-state index in [2.05, 4.69) is 26.9 Å². The molecule has 2 aromatic rings. The molecule has 1 aromatic carbocycles. The van der Waals surface area contributed by atoms with Crippen molar-refractivity contribution in [2.24, 2.45) is 5.92 Å². The number of carbonyl (C=O) groups excluding carboxylic acids is 2. The van der Waals surface area contributed by atoms with Crippen LogP contribution in [0.5, 0.6) is 5.88 Å². The maximum absolute atomic E-state index is 13.0. The van der Waals surface area contributed by atoms with Crippen LogP contribution in [0.25, 0.3) is 10.8 Å². The van der Waals surface area contributed by atoms with Gasteiger partial charge in [0, 0.05) is 30.5 Å². The average molecular weight is 543 g/mol. The summed E-state index contributed by atoms with van der Waals surface area (Å²) in [6, 6.07) is 9.11. The molecule has 1 saturated heterocycles. The largest absolute Gasteiger partial charge is 0.472 e. The van der Waals surface area contributed by atoms with Gasteiger partial charge in [0.15, 0.2) is 0 Å². The molecule has 9 nitrogen and oxygen atoms in total. The number of amides is 2. The number of hydrogen-bond acceptors (Lipinski definition) is 7. The zero-order chi connectivity index (χ0) is 23.2. The number of nitrogens with one attached hydrogen (secondary N) is 3. The van der Waals surface area contributed by atoms with Crippen LogP contribution >= 0.6 is 24.8 Å². The molecular formula is C23H28Cl2N4O5S. The zero-order valence-corrected chi connectivity index (χ0v) is 21.3. The average Bonchev–Trinajstić information content (AvgIpc) is 3.71. The fraction of sp³-hybridized carbons (Fsp3) is 0.435. The Balaban J connectivity index is 0.00000171. The second kappa shape index (κ2) is 10.3. The third kappa shape index (κ3) is 5.40. The molecule has 3 N–H and O–H groups in total. The predicted molar refractivity (Wildman–Crippen MR) is 136 cm³/mol. The van der Waals surface area contributed by atoms with Crippen molar-refractivity contribution in [3.63, 3.8) is 0 Å². The highest BCUT2D eigenvalue weighted by atomic mass is 35.5. The van der Waals surface area contributed by atoms with Gasteiger partial charge in [-0.2, -0.15) is 0 Å². The van der Waals surface area contributed by atoms with E-state index in [0.717, 1.165) is 10.8 Å². The van der Waals surface area contributed by atoms with Gasteiger partial charge in [0.1, 0.15) is 11.6 Å². The van der Waals surface area contributed by atoms with Gasteiger partial charge in [0.25, 0.3) is 5.91 Å². The van der Waals surface area contributed by atoms with E-state index in [0.29, 0.717) is 38.1 Å². The topological polar surface area (TPSA) is 126 Å². The van der Waals surface area contributed by atoms with E-state index in [9.17, 15) is 18.0 Å². The lowest BCUT2D eigenvalue weighted by molar-refractivity contribution is -0.130. The first-order valence-corrected chi connectivity index (χ1v) is 12.6. The molecule has 2 amide bonds. The van der Waals surface area contributed by atoms with Gasteiger partial charge in [-0.15, -0.1) is 31.4 Å². The standard InChI is InChI=1S/C23H26N4O5S.2ClH/c1-2-15-12-23(15,22(29)27-33(30,31)17-7-8-17)26-20(28)19-11-16(13-25-19)32-21-18-6-4-3-5-14(18)9-10-24-21;;/h2-6,9-10,15-17,19,25H,1,7-8,11-13H2,(H,26,28)(H,27,29);2*1H/t15-,16-,19+,23-;;/m1../s1. The van der Waals surface area contributed by atoms with Crippen LogP contribution in [0.2, 0.25) is 0 Å². The second-order valence-corrected chi connectivity index (χ2v) is 10.9. The number of carbonyl (C=O) groups is 2. The Kier molecular flexibility index (Phi) is 8.00. The zero-order valence-electron chi connectivity index (χ0n) is 18.8. The van der Waals surface area contributed by atoms with Crippen LogP contribution in [0.1, 0.15) is 25.7 Å². The van der Waals surface area contributed by atoms with Gasteiger partial charge in [-0.3, -0.25) is 14.3 Å². The number of rotatable bonds is 8. The number of fused-ring (bicyclic) bond motifs is 1. The monoisotopic (exact) mass is 542 g/mol. The number of sulfonamides is 1. The lowest BCUT2D eigenvalue weighted by Gasteiger charge is -2.21. The van der Waals surface area contributed by atoms with Crippen LogP contribution in [0.3, 0.4) is 0 Å². The quantitative estimate of drug-likeness (QED) is 0.434. The Labute approximate surface area is 216 Å². The summed E-state index contributed by atoms with van der Waals surface area (Å²) in [7, 11) is -3.70. The highest BCUT2D eigenvalue weighted by molar-refractivity contribution is 7.91. The Morgan fingerprint density at radius 3 is 2.63 bits per heavy atom. The van der Waals surface area contributed by atoms with Crippen molar-refractivity contribution >= 4 is 57.4 Å². The Bertz CT molecular complexity index is 1230. The SMILES string of the molecule is C=C[C@@H]1C[C@]1(NC(=O)[C@@H]1C[C@@H](Oc2nccc3ccccc23)CN1)C(=O)NS(=O)(=O)C1CC1.Cl.Cl. The Morgan fingerprint density at radius 1 is 1.20 bits per heavy atom. The van der Waals surface area contributed by atoms with E-state index in [4.69, 9.17) is 4.74 Å². The van der Waals surface area contributed by atoms with Gasteiger partial charge in [-0.1, -0.05) is 24.3 Å². The lowest BCUT2D eigenvalue weighted by Crippen LogP contribution is -2.55. The molecule has 12 heteroatoms. The van der Waals surface area contributed by atoms with Gasteiger partial charge in [-0.25, -0.2) is 13.4 Å². The van der Waals surface area contributed by atoms with Crippen molar-refractivity contribution in [1.82, 2.24) is 20.3 Å². The molecule has 190 valence electrons. The van der Waals surface area contributed by atoms with E-state index in [1.54, 1.807) is 12.3 Å². The van der Waals surface area contributed by atoms with Crippen LogP contribution in [-0.2, 0) is 19.6 Å². The molecule has 0 unspecified atom stereocenters. The van der Waals surface area contributed by atoms with Crippen LogP contribution in [0.15, 0.2) is 49.2 Å². The van der Waals surface area contributed by atoms with Crippen molar-refractivity contribution in [2.75, 3.05) is 6.54 Å². The molecule has 2 aliphatic carbocycles. The molecule has 35 heavy (non-hydrogen) atoms. The molecule has 2 saturated carbocycles. The minimum Gasteiger partial charge on any atom is -0.472 e. The highest BCUT2D eigenvalue weighted by Gasteiger charge is 2.61. The third-order valence-corrected chi connectivity index (χ3v) is 8.39. The summed E-state index contributed by atoms with van der Waals surface area (Å²) in [5.41, 5.74) is -1.28. The van der Waals surface area contributed by atoms with Gasteiger partial charge in [-0.05, 0) is 36.8 Å². The van der Waals surface area contributed by atoms with Crippen LogP contribution in [0, 0.1) is 5.92 Å². The molecule has 1 aromatic heterocycles. The predicted octanol–water partition coefficient (Wildman–Crippen LogP) is 1.86. The molecule has 5 rings (SSSR count). The van der Waals surface area contributed by atoms with Crippen molar-refractivity contribution in [3.8, 4) is 5.88 Å². The van der Waals surface area contributed by atoms with E-state index in [1.165, 1.54) is 0 Å². The molecule has 3 fully saturated rings. The number of hydrogen-bond donors (Lipinski definition) is 3. The maximum atomic E-state index is 13.0. The molecule has 0 bridgehead atoms. The second-order valence-electron chi connectivity index (χ2n) is 8.96. The van der Waals surface area contributed by atoms with Crippen molar-refractivity contribution in [2.45, 2.75) is 48.6 Å².